The molecule has 1 N–H and O–H groups in total. The first kappa shape index (κ1) is 11.2. The molecular weight excluding hydrogens is 350 g/mol. The second-order valence-electron chi connectivity index (χ2n) is 4.27. The predicted molar refractivity (Wildman–Crippen MR) is 76.6 cm³/mol. The zero-order chi connectivity index (χ0) is 12.2. The number of aromatic amines is 1. The average Bonchev–Trinajstić information content (AvgIpc) is 2.76. The average molecular weight is 360 g/mol. The van der Waals surface area contributed by atoms with Crippen LogP contribution in [0.15, 0.2) is 18.2 Å². The van der Waals surface area contributed by atoms with Gasteiger partial charge in [0, 0.05) is 0 Å². The first-order valence-corrected chi connectivity index (χ1v) is 8.73. The fraction of sp³-hybridized carbons (Fsp3) is 0.200. The van der Waals surface area contributed by atoms with E-state index < -0.39 is 7.14 Å². The van der Waals surface area contributed by atoms with E-state index in [1.54, 1.807) is 17.8 Å². The maximum Gasteiger partial charge on any atom is 0.179 e. The molecule has 0 saturated carbocycles. The molecule has 17 heavy (non-hydrogen) atoms. The summed E-state index contributed by atoms with van der Waals surface area (Å²) in [6, 6.07) is 5.74. The van der Waals surface area contributed by atoms with Crippen molar-refractivity contribution in [2.45, 2.75) is 0 Å². The van der Waals surface area contributed by atoms with Gasteiger partial charge in [0.25, 0.3) is 0 Å². The van der Waals surface area contributed by atoms with Crippen LogP contribution >= 0.6 is 29.7 Å². The number of aromatic nitrogens is 4. The summed E-state index contributed by atoms with van der Waals surface area (Å²) in [4.78, 5) is 0. The maximum absolute atomic E-state index is 12.2. The van der Waals surface area contributed by atoms with Gasteiger partial charge >= 0.3 is 0 Å². The van der Waals surface area contributed by atoms with Gasteiger partial charge in [-0.05, 0) is 48.1 Å². The molecular formula is C10H10IN4OP. The van der Waals surface area contributed by atoms with Gasteiger partial charge in [-0.3, -0.25) is 5.10 Å². The van der Waals surface area contributed by atoms with Crippen LogP contribution in [0.25, 0.3) is 16.6 Å². The molecule has 0 bridgehead atoms. The Bertz CT molecular complexity index is 769. The summed E-state index contributed by atoms with van der Waals surface area (Å²) in [6.07, 6.45) is 0. The summed E-state index contributed by atoms with van der Waals surface area (Å²) < 4.78 is 14.9. The molecule has 0 aliphatic rings. The van der Waals surface area contributed by atoms with Crippen molar-refractivity contribution in [3.63, 3.8) is 0 Å². The third kappa shape index (κ3) is 1.62. The van der Waals surface area contributed by atoms with E-state index in [-0.39, 0.29) is 0 Å². The molecule has 3 heterocycles. The SMILES string of the molecule is CP(C)(=O)c1cccc2c3c(I)n[nH]c3nn12. The molecule has 0 aromatic carbocycles. The van der Waals surface area contributed by atoms with Gasteiger partial charge in [-0.1, -0.05) is 6.07 Å². The third-order valence-corrected chi connectivity index (χ3v) is 4.88. The minimum absolute atomic E-state index is 0.732. The predicted octanol–water partition coefficient (Wildman–Crippen LogP) is 2.06. The molecule has 3 rings (SSSR count). The number of rotatable bonds is 1. The van der Waals surface area contributed by atoms with Crippen molar-refractivity contribution in [1.29, 1.82) is 0 Å². The normalized spacial score (nSPS) is 12.6. The molecule has 7 heteroatoms. The first-order valence-electron chi connectivity index (χ1n) is 5.05. The van der Waals surface area contributed by atoms with Gasteiger partial charge in [-0.25, -0.2) is 4.52 Å². The van der Waals surface area contributed by atoms with Gasteiger partial charge < -0.3 is 4.57 Å². The van der Waals surface area contributed by atoms with Crippen molar-refractivity contribution in [3.05, 3.63) is 21.9 Å². The number of hydrogen-bond donors (Lipinski definition) is 1. The van der Waals surface area contributed by atoms with Gasteiger partial charge in [0.05, 0.1) is 10.9 Å². The molecule has 0 fully saturated rings. The minimum Gasteiger partial charge on any atom is -0.318 e. The Hall–Kier alpha value is -0.880. The quantitative estimate of drug-likeness (QED) is 0.534. The van der Waals surface area contributed by atoms with Crippen LogP contribution in [-0.4, -0.2) is 33.1 Å². The summed E-state index contributed by atoms with van der Waals surface area (Å²) in [5, 5.41) is 12.4. The fourth-order valence-corrected chi connectivity index (χ4v) is 3.61. The molecule has 0 unspecified atom stereocenters. The van der Waals surface area contributed by atoms with E-state index in [2.05, 4.69) is 37.9 Å². The lowest BCUT2D eigenvalue weighted by Gasteiger charge is -2.08. The van der Waals surface area contributed by atoms with Crippen LogP contribution in [-0.2, 0) is 4.57 Å². The summed E-state index contributed by atoms with van der Waals surface area (Å²) in [6.45, 7) is 3.50. The molecule has 88 valence electrons. The Morgan fingerprint density at radius 3 is 2.88 bits per heavy atom. The fourth-order valence-electron chi connectivity index (χ4n) is 1.90. The molecule has 0 aliphatic heterocycles. The van der Waals surface area contributed by atoms with Crippen LogP contribution in [0.3, 0.4) is 0 Å². The topological polar surface area (TPSA) is 63.0 Å². The third-order valence-electron chi connectivity index (χ3n) is 2.66. The lowest BCUT2D eigenvalue weighted by molar-refractivity contribution is 0.587. The van der Waals surface area contributed by atoms with Crippen LogP contribution in [0.5, 0.6) is 0 Å². The molecule has 5 nitrogen and oxygen atoms in total. The Morgan fingerprint density at radius 1 is 1.41 bits per heavy atom. The lowest BCUT2D eigenvalue weighted by atomic mass is 10.3. The number of pyridine rings is 1. The van der Waals surface area contributed by atoms with Crippen molar-refractivity contribution in [2.24, 2.45) is 0 Å². The number of fused-ring (bicyclic) bond motifs is 3. The van der Waals surface area contributed by atoms with Crippen molar-refractivity contribution >= 4 is 51.7 Å². The van der Waals surface area contributed by atoms with E-state index in [1.807, 2.05) is 18.2 Å². The zero-order valence-electron chi connectivity index (χ0n) is 9.31. The Labute approximate surface area is 111 Å². The standard InChI is InChI=1S/C10H10IN4OP/c1-17(2,16)7-5-3-4-6-8-9(11)12-13-10(8)14-15(6)7/h3-5H,1-2H3,(H,13,14). The summed E-state index contributed by atoms with van der Waals surface area (Å²) >= 11 is 2.17. The number of H-pyrrole nitrogens is 1. The Balaban J connectivity index is 2.53. The number of nitrogens with zero attached hydrogens (tertiary/aromatic N) is 3. The van der Waals surface area contributed by atoms with Crippen molar-refractivity contribution in [2.75, 3.05) is 13.3 Å². The van der Waals surface area contributed by atoms with Crippen LogP contribution in [0, 0.1) is 3.70 Å². The summed E-state index contributed by atoms with van der Waals surface area (Å²) in [5.74, 6) is 0. The van der Waals surface area contributed by atoms with Gasteiger partial charge in [0.15, 0.2) is 5.65 Å². The Kier molecular flexibility index (Phi) is 2.35. The molecule has 3 aromatic rings. The minimum atomic E-state index is -2.35. The van der Waals surface area contributed by atoms with Gasteiger partial charge in [-0.15, -0.1) is 5.10 Å². The van der Waals surface area contributed by atoms with Crippen molar-refractivity contribution < 1.29 is 4.57 Å². The van der Waals surface area contributed by atoms with E-state index in [9.17, 15) is 4.57 Å². The first-order chi connectivity index (χ1) is 7.98. The van der Waals surface area contributed by atoms with Crippen molar-refractivity contribution in [3.8, 4) is 0 Å². The van der Waals surface area contributed by atoms with E-state index >= 15 is 0 Å². The zero-order valence-corrected chi connectivity index (χ0v) is 12.4. The summed E-state index contributed by atoms with van der Waals surface area (Å²) in [7, 11) is -2.35. The highest BCUT2D eigenvalue weighted by Gasteiger charge is 2.19. The molecule has 3 aromatic heterocycles. The van der Waals surface area contributed by atoms with Crippen molar-refractivity contribution in [1.82, 2.24) is 19.8 Å². The highest BCUT2D eigenvalue weighted by molar-refractivity contribution is 14.1. The highest BCUT2D eigenvalue weighted by atomic mass is 127. The van der Waals surface area contributed by atoms with Gasteiger partial charge in [-0.2, -0.15) is 5.10 Å². The van der Waals surface area contributed by atoms with E-state index in [0.29, 0.717) is 0 Å². The van der Waals surface area contributed by atoms with Gasteiger partial charge in [0.1, 0.15) is 16.3 Å². The molecule has 0 spiro atoms. The molecule has 0 amide bonds. The Morgan fingerprint density at radius 2 is 2.18 bits per heavy atom. The van der Waals surface area contributed by atoms with Crippen LogP contribution in [0.2, 0.25) is 0 Å². The number of halogens is 1. The maximum atomic E-state index is 12.2. The van der Waals surface area contributed by atoms with E-state index in [1.165, 1.54) is 0 Å². The lowest BCUT2D eigenvalue weighted by Crippen LogP contribution is -2.14. The van der Waals surface area contributed by atoms with E-state index in [4.69, 9.17) is 0 Å². The second-order valence-corrected chi connectivity index (χ2v) is 8.45. The number of hydrogen-bond acceptors (Lipinski definition) is 3. The molecule has 0 atom stereocenters. The summed E-state index contributed by atoms with van der Waals surface area (Å²) in [5.41, 5.74) is 2.44. The monoisotopic (exact) mass is 360 g/mol. The largest absolute Gasteiger partial charge is 0.318 e. The van der Waals surface area contributed by atoms with Crippen LogP contribution < -0.4 is 5.44 Å². The molecule has 0 radical (unpaired) electrons. The smallest absolute Gasteiger partial charge is 0.179 e. The highest BCUT2D eigenvalue weighted by Crippen LogP contribution is 2.35. The van der Waals surface area contributed by atoms with E-state index in [0.717, 1.165) is 25.7 Å². The molecule has 0 saturated heterocycles. The van der Waals surface area contributed by atoms with Crippen LogP contribution in [0.1, 0.15) is 0 Å². The molecule has 0 aliphatic carbocycles. The second kappa shape index (κ2) is 3.55. The van der Waals surface area contributed by atoms with Gasteiger partial charge in [0.2, 0.25) is 0 Å². The van der Waals surface area contributed by atoms with Crippen LogP contribution in [0.4, 0.5) is 0 Å². The number of nitrogens with one attached hydrogen (secondary N) is 1.